The highest BCUT2D eigenvalue weighted by Gasteiger charge is 2.38. The number of carboxylic acids is 1. The summed E-state index contributed by atoms with van der Waals surface area (Å²) in [6.45, 7) is 2.32. The van der Waals surface area contributed by atoms with Crippen molar-refractivity contribution >= 4 is 34.6 Å². The van der Waals surface area contributed by atoms with Crippen LogP contribution in [0.5, 0.6) is 0 Å². The molecule has 1 atom stereocenters. The Hall–Kier alpha value is -2.02. The number of hydrogen-bond donors (Lipinski definition) is 2. The van der Waals surface area contributed by atoms with Gasteiger partial charge in [-0.05, 0) is 42.4 Å². The summed E-state index contributed by atoms with van der Waals surface area (Å²) in [6.07, 6.45) is 0.720. The molecule has 0 aromatic heterocycles. The maximum atomic E-state index is 12.0. The third kappa shape index (κ3) is 2.93. The second-order valence-electron chi connectivity index (χ2n) is 4.28. The van der Waals surface area contributed by atoms with E-state index in [-0.39, 0.29) is 16.7 Å². The summed E-state index contributed by atoms with van der Waals surface area (Å²) < 4.78 is 0. The van der Waals surface area contributed by atoms with Crippen molar-refractivity contribution < 1.29 is 19.5 Å². The minimum absolute atomic E-state index is 0.171. The minimum atomic E-state index is -1.01. The minimum Gasteiger partial charge on any atom is -0.478 e. The molecular weight excluding hydrogens is 280 g/mol. The molecule has 6 nitrogen and oxygen atoms in total. The van der Waals surface area contributed by atoms with Gasteiger partial charge in [0, 0.05) is 12.2 Å². The van der Waals surface area contributed by atoms with E-state index in [4.69, 9.17) is 5.11 Å². The van der Waals surface area contributed by atoms with Crippen molar-refractivity contribution in [2.45, 2.75) is 18.7 Å². The van der Waals surface area contributed by atoms with Gasteiger partial charge in [0.1, 0.15) is 0 Å². The number of aromatic carboxylic acids is 1. The van der Waals surface area contributed by atoms with E-state index in [0.29, 0.717) is 12.2 Å². The second-order valence-corrected chi connectivity index (χ2v) is 5.34. The van der Waals surface area contributed by atoms with E-state index in [1.165, 1.54) is 17.0 Å². The number of nitrogens with one attached hydrogen (secondary N) is 1. The van der Waals surface area contributed by atoms with Crippen LogP contribution in [0.15, 0.2) is 24.3 Å². The monoisotopic (exact) mass is 294 g/mol. The zero-order valence-corrected chi connectivity index (χ0v) is 11.6. The molecule has 1 aromatic carbocycles. The van der Waals surface area contributed by atoms with E-state index >= 15 is 0 Å². The lowest BCUT2D eigenvalue weighted by Crippen LogP contribution is -2.34. The van der Waals surface area contributed by atoms with Gasteiger partial charge in [-0.2, -0.15) is 0 Å². The Balaban J connectivity index is 2.05. The summed E-state index contributed by atoms with van der Waals surface area (Å²) in [5.74, 6) is -1.27. The zero-order valence-electron chi connectivity index (χ0n) is 10.8. The summed E-state index contributed by atoms with van der Waals surface area (Å²) in [5.41, 5.74) is 0.775. The number of imide groups is 1. The molecule has 0 saturated carbocycles. The van der Waals surface area contributed by atoms with E-state index in [1.54, 1.807) is 12.1 Å². The van der Waals surface area contributed by atoms with Gasteiger partial charge in [0.15, 0.2) is 5.37 Å². The van der Waals surface area contributed by atoms with Gasteiger partial charge in [0.25, 0.3) is 11.1 Å². The molecular formula is C13H14N2O4S. The van der Waals surface area contributed by atoms with Crippen LogP contribution in [0.2, 0.25) is 0 Å². The lowest BCUT2D eigenvalue weighted by atomic mass is 10.2. The summed E-state index contributed by atoms with van der Waals surface area (Å²) in [6, 6.07) is 6.04. The zero-order chi connectivity index (χ0) is 14.7. The molecule has 0 bridgehead atoms. The fourth-order valence-electron chi connectivity index (χ4n) is 1.82. The van der Waals surface area contributed by atoms with Crippen LogP contribution in [0.25, 0.3) is 0 Å². The quantitative estimate of drug-likeness (QED) is 0.866. The molecule has 1 aromatic rings. The molecule has 106 valence electrons. The fraction of sp³-hybridized carbons (Fsp3) is 0.308. The van der Waals surface area contributed by atoms with Crippen LogP contribution in [0.1, 0.15) is 23.7 Å². The number of carbonyl (C=O) groups is 3. The van der Waals surface area contributed by atoms with E-state index in [0.717, 1.165) is 18.2 Å². The van der Waals surface area contributed by atoms with Crippen LogP contribution in [-0.4, -0.2) is 39.0 Å². The Morgan fingerprint density at radius 3 is 2.55 bits per heavy atom. The van der Waals surface area contributed by atoms with E-state index in [9.17, 15) is 14.4 Å². The molecule has 2 amide bonds. The Bertz CT molecular complexity index is 544. The molecule has 7 heteroatoms. The average Bonchev–Trinajstić information content (AvgIpc) is 2.67. The van der Waals surface area contributed by atoms with E-state index in [2.05, 4.69) is 5.32 Å². The van der Waals surface area contributed by atoms with Crippen molar-refractivity contribution in [2.24, 2.45) is 0 Å². The number of hydrogen-bond acceptors (Lipinski definition) is 5. The fourth-order valence-corrected chi connectivity index (χ4v) is 2.76. The second kappa shape index (κ2) is 5.96. The molecule has 20 heavy (non-hydrogen) atoms. The van der Waals surface area contributed by atoms with Crippen molar-refractivity contribution in [1.82, 2.24) is 4.90 Å². The van der Waals surface area contributed by atoms with Crippen LogP contribution in [0.4, 0.5) is 10.5 Å². The summed E-state index contributed by atoms with van der Waals surface area (Å²) >= 11 is 0.937. The van der Waals surface area contributed by atoms with Gasteiger partial charge in [-0.15, -0.1) is 0 Å². The van der Waals surface area contributed by atoms with Gasteiger partial charge in [-0.1, -0.05) is 6.92 Å². The van der Waals surface area contributed by atoms with E-state index in [1.807, 2.05) is 6.92 Å². The highest BCUT2D eigenvalue weighted by molar-refractivity contribution is 8.15. The first-order valence-corrected chi connectivity index (χ1v) is 7.02. The summed E-state index contributed by atoms with van der Waals surface area (Å²) in [5, 5.41) is 10.8. The van der Waals surface area contributed by atoms with Crippen LogP contribution in [0.3, 0.4) is 0 Å². The Morgan fingerprint density at radius 1 is 1.35 bits per heavy atom. The highest BCUT2D eigenvalue weighted by Crippen LogP contribution is 2.28. The van der Waals surface area contributed by atoms with Gasteiger partial charge in [0.05, 0.1) is 5.56 Å². The van der Waals surface area contributed by atoms with Crippen LogP contribution < -0.4 is 5.32 Å². The summed E-state index contributed by atoms with van der Waals surface area (Å²) in [4.78, 5) is 35.6. The Morgan fingerprint density at radius 2 is 2.00 bits per heavy atom. The number of carboxylic acid groups (broad SMARTS) is 1. The number of amides is 2. The third-order valence-corrected chi connectivity index (χ3v) is 3.78. The Labute approximate surface area is 120 Å². The van der Waals surface area contributed by atoms with Crippen molar-refractivity contribution in [3.8, 4) is 0 Å². The largest absolute Gasteiger partial charge is 0.478 e. The molecule has 0 spiro atoms. The standard InChI is InChI=1S/C13H14N2O4S/c1-2-7-15-11(16)10(20-13(15)19)14-9-5-3-8(4-6-9)12(17)18/h3-6,10,14H,2,7H2,1H3,(H,17,18)/t10-/m1/s1. The molecule has 0 unspecified atom stereocenters. The van der Waals surface area contributed by atoms with Crippen LogP contribution in [0, 0.1) is 0 Å². The van der Waals surface area contributed by atoms with Crippen molar-refractivity contribution in [3.05, 3.63) is 29.8 Å². The molecule has 1 saturated heterocycles. The average molecular weight is 294 g/mol. The van der Waals surface area contributed by atoms with E-state index < -0.39 is 11.3 Å². The van der Waals surface area contributed by atoms with Crippen molar-refractivity contribution in [1.29, 1.82) is 0 Å². The predicted molar refractivity (Wildman–Crippen MR) is 75.8 cm³/mol. The smallest absolute Gasteiger partial charge is 0.335 e. The number of benzene rings is 1. The van der Waals surface area contributed by atoms with Gasteiger partial charge >= 0.3 is 5.97 Å². The molecule has 1 aliphatic heterocycles. The maximum Gasteiger partial charge on any atom is 0.335 e. The molecule has 0 radical (unpaired) electrons. The molecule has 0 aliphatic carbocycles. The normalized spacial score (nSPS) is 18.4. The molecule has 2 rings (SSSR count). The van der Waals surface area contributed by atoms with Crippen LogP contribution in [-0.2, 0) is 4.79 Å². The van der Waals surface area contributed by atoms with Crippen molar-refractivity contribution in [3.63, 3.8) is 0 Å². The summed E-state index contributed by atoms with van der Waals surface area (Å²) in [7, 11) is 0. The van der Waals surface area contributed by atoms with Gasteiger partial charge < -0.3 is 10.4 Å². The lowest BCUT2D eigenvalue weighted by molar-refractivity contribution is -0.126. The lowest BCUT2D eigenvalue weighted by Gasteiger charge is -2.13. The topological polar surface area (TPSA) is 86.7 Å². The number of nitrogens with zero attached hydrogens (tertiary/aromatic N) is 1. The molecule has 1 heterocycles. The SMILES string of the molecule is CCCN1C(=O)S[C@@H](Nc2ccc(C(=O)O)cc2)C1=O. The van der Waals surface area contributed by atoms with Gasteiger partial charge in [-0.25, -0.2) is 4.79 Å². The predicted octanol–water partition coefficient (Wildman–Crippen LogP) is 2.23. The highest BCUT2D eigenvalue weighted by atomic mass is 32.2. The van der Waals surface area contributed by atoms with Crippen LogP contribution >= 0.6 is 11.8 Å². The maximum absolute atomic E-state index is 12.0. The number of carbonyl (C=O) groups excluding carboxylic acids is 2. The molecule has 1 aliphatic rings. The Kier molecular flexibility index (Phi) is 4.29. The first-order chi connectivity index (χ1) is 9.52. The van der Waals surface area contributed by atoms with Gasteiger partial charge in [0.2, 0.25) is 0 Å². The number of rotatable bonds is 5. The molecule has 2 N–H and O–H groups in total. The number of anilines is 1. The third-order valence-electron chi connectivity index (χ3n) is 2.81. The first kappa shape index (κ1) is 14.4. The molecule has 1 fully saturated rings. The van der Waals surface area contributed by atoms with Crippen molar-refractivity contribution in [2.75, 3.05) is 11.9 Å². The number of thioether (sulfide) groups is 1. The van der Waals surface area contributed by atoms with Gasteiger partial charge in [-0.3, -0.25) is 14.5 Å². The first-order valence-electron chi connectivity index (χ1n) is 6.15.